The SMILES string of the molecule is C=CC(=O)OCCOC(=O)C(=C)CCOC. The molecule has 5 heteroatoms. The Kier molecular flexibility index (Phi) is 7.79. The Morgan fingerprint density at radius 3 is 2.38 bits per heavy atom. The van der Waals surface area contributed by atoms with Gasteiger partial charge in [0.25, 0.3) is 0 Å². The summed E-state index contributed by atoms with van der Waals surface area (Å²) in [5, 5.41) is 0. The van der Waals surface area contributed by atoms with Crippen LogP contribution in [-0.2, 0) is 23.8 Å². The number of hydrogen-bond acceptors (Lipinski definition) is 5. The molecule has 0 saturated heterocycles. The Labute approximate surface area is 94.7 Å². The van der Waals surface area contributed by atoms with Crippen LogP contribution in [0.3, 0.4) is 0 Å². The normalized spacial score (nSPS) is 9.31. The fourth-order valence-corrected chi connectivity index (χ4v) is 0.765. The van der Waals surface area contributed by atoms with Gasteiger partial charge in [0.15, 0.2) is 0 Å². The Morgan fingerprint density at radius 2 is 1.81 bits per heavy atom. The zero-order valence-electron chi connectivity index (χ0n) is 9.36. The quantitative estimate of drug-likeness (QED) is 0.350. The summed E-state index contributed by atoms with van der Waals surface area (Å²) in [5.41, 5.74) is 0.330. The molecule has 5 nitrogen and oxygen atoms in total. The fourth-order valence-electron chi connectivity index (χ4n) is 0.765. The molecule has 0 fully saturated rings. The predicted octanol–water partition coefficient (Wildman–Crippen LogP) is 0.851. The summed E-state index contributed by atoms with van der Waals surface area (Å²) in [7, 11) is 1.54. The molecule has 0 saturated carbocycles. The first-order valence-electron chi connectivity index (χ1n) is 4.74. The maximum Gasteiger partial charge on any atom is 0.333 e. The maximum atomic E-state index is 11.2. The van der Waals surface area contributed by atoms with Gasteiger partial charge in [-0.05, 0) is 0 Å². The Hall–Kier alpha value is -1.62. The summed E-state index contributed by atoms with van der Waals surface area (Å²) in [5.74, 6) is -1.05. The summed E-state index contributed by atoms with van der Waals surface area (Å²) in [6, 6.07) is 0. The van der Waals surface area contributed by atoms with Crippen molar-refractivity contribution in [2.45, 2.75) is 6.42 Å². The van der Waals surface area contributed by atoms with E-state index in [9.17, 15) is 9.59 Å². The number of hydrogen-bond donors (Lipinski definition) is 0. The van der Waals surface area contributed by atoms with Crippen molar-refractivity contribution < 1.29 is 23.8 Å². The standard InChI is InChI=1S/C11H16O5/c1-4-10(12)15-7-8-16-11(13)9(2)5-6-14-3/h4H,1-2,5-8H2,3H3. The zero-order chi connectivity index (χ0) is 12.4. The largest absolute Gasteiger partial charge is 0.459 e. The third-order valence-corrected chi connectivity index (χ3v) is 1.62. The van der Waals surface area contributed by atoms with E-state index in [1.807, 2.05) is 0 Å². The second-order valence-corrected chi connectivity index (χ2v) is 2.85. The van der Waals surface area contributed by atoms with E-state index in [4.69, 9.17) is 9.47 Å². The molecule has 0 aliphatic heterocycles. The lowest BCUT2D eigenvalue weighted by Gasteiger charge is -2.06. The third-order valence-electron chi connectivity index (χ3n) is 1.62. The van der Waals surface area contributed by atoms with Crippen LogP contribution in [0, 0.1) is 0 Å². The topological polar surface area (TPSA) is 61.8 Å². The molecule has 0 spiro atoms. The number of methoxy groups -OCH3 is 1. The van der Waals surface area contributed by atoms with Crippen LogP contribution in [0.2, 0.25) is 0 Å². The van der Waals surface area contributed by atoms with E-state index >= 15 is 0 Å². The molecular formula is C11H16O5. The van der Waals surface area contributed by atoms with Crippen molar-refractivity contribution in [2.75, 3.05) is 26.9 Å². The first-order valence-corrected chi connectivity index (χ1v) is 4.74. The highest BCUT2D eigenvalue weighted by Gasteiger charge is 2.08. The van der Waals surface area contributed by atoms with Gasteiger partial charge in [0.05, 0.1) is 6.61 Å². The van der Waals surface area contributed by atoms with Crippen LogP contribution < -0.4 is 0 Å². The minimum Gasteiger partial charge on any atom is -0.459 e. The van der Waals surface area contributed by atoms with Crippen molar-refractivity contribution in [2.24, 2.45) is 0 Å². The Morgan fingerprint density at radius 1 is 1.19 bits per heavy atom. The minimum atomic E-state index is -0.547. The summed E-state index contributed by atoms with van der Waals surface area (Å²) in [6.45, 7) is 7.20. The maximum absolute atomic E-state index is 11.2. The van der Waals surface area contributed by atoms with E-state index in [0.717, 1.165) is 6.08 Å². The predicted molar refractivity (Wildman–Crippen MR) is 57.7 cm³/mol. The molecule has 0 aliphatic carbocycles. The lowest BCUT2D eigenvalue weighted by Crippen LogP contribution is -2.14. The first kappa shape index (κ1) is 14.4. The van der Waals surface area contributed by atoms with Gasteiger partial charge in [0.2, 0.25) is 0 Å². The Balaban J connectivity index is 3.61. The van der Waals surface area contributed by atoms with Crippen molar-refractivity contribution in [3.63, 3.8) is 0 Å². The Bertz CT molecular complexity index is 270. The van der Waals surface area contributed by atoms with Crippen LogP contribution in [0.4, 0.5) is 0 Å². The monoisotopic (exact) mass is 228 g/mol. The molecule has 0 aromatic rings. The molecule has 0 rings (SSSR count). The summed E-state index contributed by atoms with van der Waals surface area (Å²) in [4.78, 5) is 21.8. The van der Waals surface area contributed by atoms with Gasteiger partial charge in [0, 0.05) is 25.2 Å². The lowest BCUT2D eigenvalue weighted by molar-refractivity contribution is -0.146. The van der Waals surface area contributed by atoms with Crippen LogP contribution in [-0.4, -0.2) is 38.9 Å². The van der Waals surface area contributed by atoms with Crippen molar-refractivity contribution in [3.05, 3.63) is 24.8 Å². The zero-order valence-corrected chi connectivity index (χ0v) is 9.36. The number of rotatable bonds is 8. The van der Waals surface area contributed by atoms with Crippen LogP contribution in [0.15, 0.2) is 24.8 Å². The lowest BCUT2D eigenvalue weighted by atomic mass is 10.2. The van der Waals surface area contributed by atoms with Crippen LogP contribution in [0.5, 0.6) is 0 Å². The van der Waals surface area contributed by atoms with Crippen molar-refractivity contribution in [1.82, 2.24) is 0 Å². The highest BCUT2D eigenvalue weighted by Crippen LogP contribution is 2.00. The number of esters is 2. The van der Waals surface area contributed by atoms with E-state index in [2.05, 4.69) is 17.9 Å². The molecule has 90 valence electrons. The van der Waals surface area contributed by atoms with Gasteiger partial charge in [-0.2, -0.15) is 0 Å². The van der Waals surface area contributed by atoms with Crippen molar-refractivity contribution >= 4 is 11.9 Å². The third kappa shape index (κ3) is 6.78. The van der Waals surface area contributed by atoms with Crippen molar-refractivity contribution in [3.8, 4) is 0 Å². The average Bonchev–Trinajstić information content (AvgIpc) is 2.30. The van der Waals surface area contributed by atoms with Gasteiger partial charge >= 0.3 is 11.9 Å². The van der Waals surface area contributed by atoms with Crippen LogP contribution in [0.1, 0.15) is 6.42 Å². The molecule has 0 atom stereocenters. The summed E-state index contributed by atoms with van der Waals surface area (Å²) < 4.78 is 14.2. The first-order chi connectivity index (χ1) is 7.61. The fraction of sp³-hybridized carbons (Fsp3) is 0.455. The van der Waals surface area contributed by atoms with Gasteiger partial charge in [-0.25, -0.2) is 9.59 Å². The number of carbonyl (C=O) groups is 2. The van der Waals surface area contributed by atoms with Gasteiger partial charge in [-0.3, -0.25) is 0 Å². The van der Waals surface area contributed by atoms with E-state index in [1.54, 1.807) is 0 Å². The van der Waals surface area contributed by atoms with Gasteiger partial charge in [0.1, 0.15) is 13.2 Å². The molecule has 16 heavy (non-hydrogen) atoms. The summed E-state index contributed by atoms with van der Waals surface area (Å²) in [6.07, 6.45) is 1.46. The highest BCUT2D eigenvalue weighted by atomic mass is 16.6. The molecule has 0 aromatic heterocycles. The van der Waals surface area contributed by atoms with E-state index < -0.39 is 11.9 Å². The smallest absolute Gasteiger partial charge is 0.333 e. The van der Waals surface area contributed by atoms with E-state index in [1.165, 1.54) is 7.11 Å². The molecule has 0 aliphatic rings. The number of ether oxygens (including phenoxy) is 3. The molecule has 0 N–H and O–H groups in total. The van der Waals surface area contributed by atoms with Crippen LogP contribution >= 0.6 is 0 Å². The number of carbonyl (C=O) groups excluding carboxylic acids is 2. The van der Waals surface area contributed by atoms with Crippen molar-refractivity contribution in [1.29, 1.82) is 0 Å². The molecule has 0 unspecified atom stereocenters. The second-order valence-electron chi connectivity index (χ2n) is 2.85. The molecule has 0 bridgehead atoms. The molecule has 0 radical (unpaired) electrons. The highest BCUT2D eigenvalue weighted by molar-refractivity contribution is 5.87. The van der Waals surface area contributed by atoms with Gasteiger partial charge in [-0.1, -0.05) is 13.2 Å². The minimum absolute atomic E-state index is 0.00438. The van der Waals surface area contributed by atoms with E-state index in [-0.39, 0.29) is 13.2 Å². The second kappa shape index (κ2) is 8.67. The van der Waals surface area contributed by atoms with Gasteiger partial charge in [-0.15, -0.1) is 0 Å². The summed E-state index contributed by atoms with van der Waals surface area (Å²) >= 11 is 0. The molecule has 0 heterocycles. The van der Waals surface area contributed by atoms with Gasteiger partial charge < -0.3 is 14.2 Å². The molecule has 0 amide bonds. The average molecular weight is 228 g/mol. The molecular weight excluding hydrogens is 212 g/mol. The molecule has 0 aromatic carbocycles. The van der Waals surface area contributed by atoms with Crippen LogP contribution in [0.25, 0.3) is 0 Å². The van der Waals surface area contributed by atoms with E-state index in [0.29, 0.717) is 18.6 Å².